The van der Waals surface area contributed by atoms with Gasteiger partial charge in [0.2, 0.25) is 0 Å². The van der Waals surface area contributed by atoms with Crippen molar-refractivity contribution in [1.82, 2.24) is 0 Å². The third kappa shape index (κ3) is 3.64. The molecule has 0 unspecified atom stereocenters. The van der Waals surface area contributed by atoms with Crippen molar-refractivity contribution in [3.8, 4) is 0 Å². The molecule has 0 amide bonds. The minimum absolute atomic E-state index is 0.169. The molecule has 0 aliphatic rings. The highest BCUT2D eigenvalue weighted by Gasteiger charge is 2.76. The van der Waals surface area contributed by atoms with Gasteiger partial charge in [0, 0.05) is 6.61 Å². The molecule has 108 valence electrons. The van der Waals surface area contributed by atoms with Crippen molar-refractivity contribution in [2.45, 2.75) is 24.2 Å². The van der Waals surface area contributed by atoms with Gasteiger partial charge in [0.15, 0.2) is 0 Å². The van der Waals surface area contributed by atoms with Crippen LogP contribution in [0, 0.1) is 0 Å². The molecule has 0 N–H and O–H groups in total. The number of esters is 1. The van der Waals surface area contributed by atoms with E-state index >= 15 is 0 Å². The van der Waals surface area contributed by atoms with Gasteiger partial charge in [0.25, 0.3) is 0 Å². The van der Waals surface area contributed by atoms with Gasteiger partial charge in [-0.1, -0.05) is 11.6 Å². The van der Waals surface area contributed by atoms with E-state index in [9.17, 15) is 31.1 Å². The van der Waals surface area contributed by atoms with Crippen LogP contribution in [0.5, 0.6) is 0 Å². The van der Waals surface area contributed by atoms with Gasteiger partial charge in [-0.15, -0.1) is 0 Å². The standard InChI is InChI=1S/C8H9ClF6O3/c1-2-17-3-4-18-5(16)6(9,7(10,11)12)8(13,14)15/h2-4H2,1H3. The zero-order chi connectivity index (χ0) is 14.6. The molecule has 0 bridgehead atoms. The van der Waals surface area contributed by atoms with Crippen molar-refractivity contribution in [2.24, 2.45) is 0 Å². The SMILES string of the molecule is CCOCCOC(=O)C(Cl)(C(F)(F)F)C(F)(F)F. The Bertz CT molecular complexity index is 274. The summed E-state index contributed by atoms with van der Waals surface area (Å²) in [6.07, 6.45) is -12.0. The van der Waals surface area contributed by atoms with Gasteiger partial charge >= 0.3 is 23.2 Å². The lowest BCUT2D eigenvalue weighted by Crippen LogP contribution is -2.58. The van der Waals surface area contributed by atoms with Gasteiger partial charge in [-0.2, -0.15) is 26.3 Å². The van der Waals surface area contributed by atoms with Crippen LogP contribution in [-0.2, 0) is 14.3 Å². The Morgan fingerprint density at radius 2 is 1.50 bits per heavy atom. The molecule has 0 aromatic heterocycles. The Labute approximate surface area is 103 Å². The molecule has 0 atom stereocenters. The molecular weight excluding hydrogens is 294 g/mol. The molecule has 0 aromatic rings. The Balaban J connectivity index is 4.86. The van der Waals surface area contributed by atoms with Crippen LogP contribution in [0.2, 0.25) is 0 Å². The summed E-state index contributed by atoms with van der Waals surface area (Å²) in [5.41, 5.74) is 0. The highest BCUT2D eigenvalue weighted by Crippen LogP contribution is 2.48. The first-order chi connectivity index (χ1) is 7.98. The monoisotopic (exact) mass is 302 g/mol. The van der Waals surface area contributed by atoms with Crippen molar-refractivity contribution >= 4 is 17.6 Å². The maximum Gasteiger partial charge on any atom is 0.427 e. The Morgan fingerprint density at radius 1 is 1.06 bits per heavy atom. The number of hydrogen-bond acceptors (Lipinski definition) is 3. The van der Waals surface area contributed by atoms with Crippen LogP contribution in [0.1, 0.15) is 6.92 Å². The average molecular weight is 303 g/mol. The fourth-order valence-corrected chi connectivity index (χ4v) is 0.884. The lowest BCUT2D eigenvalue weighted by molar-refractivity contribution is -0.268. The molecule has 0 aromatic carbocycles. The smallest absolute Gasteiger partial charge is 0.427 e. The summed E-state index contributed by atoms with van der Waals surface area (Å²) in [4.78, 5) is 5.81. The molecular formula is C8H9ClF6O3. The summed E-state index contributed by atoms with van der Waals surface area (Å²) in [7, 11) is 0. The number of carbonyl (C=O) groups is 1. The van der Waals surface area contributed by atoms with E-state index in [0.717, 1.165) is 0 Å². The number of alkyl halides is 7. The number of hydrogen-bond donors (Lipinski definition) is 0. The van der Waals surface area contributed by atoms with E-state index in [2.05, 4.69) is 21.1 Å². The van der Waals surface area contributed by atoms with Crippen LogP contribution < -0.4 is 0 Å². The summed E-state index contributed by atoms with van der Waals surface area (Å²) in [5, 5.41) is 0. The summed E-state index contributed by atoms with van der Waals surface area (Å²) in [6, 6.07) is 0. The van der Waals surface area contributed by atoms with E-state index in [1.54, 1.807) is 6.92 Å². The molecule has 0 fully saturated rings. The molecule has 0 radical (unpaired) electrons. The van der Waals surface area contributed by atoms with Crippen LogP contribution in [0.4, 0.5) is 26.3 Å². The quantitative estimate of drug-likeness (QED) is 0.339. The zero-order valence-corrected chi connectivity index (χ0v) is 9.75. The largest absolute Gasteiger partial charge is 0.461 e. The van der Waals surface area contributed by atoms with E-state index in [1.165, 1.54) is 0 Å². The normalized spacial score (nSPS) is 13.6. The third-order valence-electron chi connectivity index (χ3n) is 1.73. The van der Waals surface area contributed by atoms with Gasteiger partial charge in [-0.05, 0) is 6.92 Å². The van der Waals surface area contributed by atoms with Gasteiger partial charge in [0.1, 0.15) is 6.61 Å². The Kier molecular flexibility index (Phi) is 5.73. The van der Waals surface area contributed by atoms with Gasteiger partial charge in [-0.25, -0.2) is 4.79 Å². The average Bonchev–Trinajstić information content (AvgIpc) is 2.19. The minimum atomic E-state index is -6.02. The molecule has 0 aliphatic carbocycles. The highest BCUT2D eigenvalue weighted by atomic mass is 35.5. The highest BCUT2D eigenvalue weighted by molar-refractivity contribution is 6.35. The number of carbonyl (C=O) groups excluding carboxylic acids is 1. The first-order valence-corrected chi connectivity index (χ1v) is 4.93. The number of ether oxygens (including phenoxy) is 2. The van der Waals surface area contributed by atoms with Crippen molar-refractivity contribution < 1.29 is 40.6 Å². The van der Waals surface area contributed by atoms with Gasteiger partial charge in [0.05, 0.1) is 6.61 Å². The van der Waals surface area contributed by atoms with Crippen molar-refractivity contribution in [3.63, 3.8) is 0 Å². The van der Waals surface area contributed by atoms with Crippen molar-refractivity contribution in [1.29, 1.82) is 0 Å². The fourth-order valence-electron chi connectivity index (χ4n) is 0.829. The topological polar surface area (TPSA) is 35.5 Å². The second kappa shape index (κ2) is 5.96. The fraction of sp³-hybridized carbons (Fsp3) is 0.875. The van der Waals surface area contributed by atoms with E-state index in [-0.39, 0.29) is 13.2 Å². The predicted octanol–water partition coefficient (Wildman–Crippen LogP) is 2.67. The lowest BCUT2D eigenvalue weighted by atomic mass is 10.1. The zero-order valence-electron chi connectivity index (χ0n) is 8.99. The second-order valence-electron chi connectivity index (χ2n) is 2.99. The second-order valence-corrected chi connectivity index (χ2v) is 3.55. The molecule has 0 rings (SSSR count). The maximum absolute atomic E-state index is 12.2. The van der Waals surface area contributed by atoms with Gasteiger partial charge < -0.3 is 9.47 Å². The summed E-state index contributed by atoms with van der Waals surface area (Å²) in [6.45, 7) is 0.624. The van der Waals surface area contributed by atoms with Crippen LogP contribution in [-0.4, -0.2) is 43.0 Å². The van der Waals surface area contributed by atoms with Crippen molar-refractivity contribution in [3.05, 3.63) is 0 Å². The van der Waals surface area contributed by atoms with E-state index in [0.29, 0.717) is 0 Å². The molecule has 3 nitrogen and oxygen atoms in total. The molecule has 0 saturated carbocycles. The number of halogens is 7. The maximum atomic E-state index is 12.2. The molecule has 0 aliphatic heterocycles. The van der Waals surface area contributed by atoms with Crippen LogP contribution in [0.25, 0.3) is 0 Å². The third-order valence-corrected chi connectivity index (χ3v) is 2.31. The minimum Gasteiger partial charge on any atom is -0.461 e. The summed E-state index contributed by atoms with van der Waals surface area (Å²) < 4.78 is 81.9. The lowest BCUT2D eigenvalue weighted by Gasteiger charge is -2.29. The number of rotatable bonds is 5. The van der Waals surface area contributed by atoms with E-state index in [1.807, 2.05) is 0 Å². The van der Waals surface area contributed by atoms with Crippen LogP contribution in [0.15, 0.2) is 0 Å². The van der Waals surface area contributed by atoms with E-state index < -0.39 is 29.8 Å². The first-order valence-electron chi connectivity index (χ1n) is 4.55. The molecule has 0 spiro atoms. The van der Waals surface area contributed by atoms with Crippen LogP contribution in [0.3, 0.4) is 0 Å². The first kappa shape index (κ1) is 17.3. The molecule has 0 heterocycles. The predicted molar refractivity (Wildman–Crippen MR) is 48.1 cm³/mol. The Hall–Kier alpha value is -0.700. The van der Waals surface area contributed by atoms with Gasteiger partial charge in [-0.3, -0.25) is 0 Å². The van der Waals surface area contributed by atoms with Crippen LogP contribution >= 0.6 is 11.6 Å². The summed E-state index contributed by atoms with van der Waals surface area (Å²) >= 11 is 4.39. The molecule has 0 saturated heterocycles. The molecule has 10 heteroatoms. The van der Waals surface area contributed by atoms with Crippen molar-refractivity contribution in [2.75, 3.05) is 19.8 Å². The molecule has 18 heavy (non-hydrogen) atoms. The Morgan fingerprint density at radius 3 is 1.83 bits per heavy atom. The summed E-state index contributed by atoms with van der Waals surface area (Å²) in [5.74, 6) is -2.62. The van der Waals surface area contributed by atoms with E-state index in [4.69, 9.17) is 0 Å².